The van der Waals surface area contributed by atoms with E-state index in [0.29, 0.717) is 5.69 Å². The molecular formula is C22H22N2O3S2. The highest BCUT2D eigenvalue weighted by Gasteiger charge is 2.28. The molecule has 7 heteroatoms. The van der Waals surface area contributed by atoms with Gasteiger partial charge in [-0.2, -0.15) is 0 Å². The monoisotopic (exact) mass is 426 g/mol. The predicted molar refractivity (Wildman–Crippen MR) is 119 cm³/mol. The van der Waals surface area contributed by atoms with E-state index in [9.17, 15) is 14.7 Å². The minimum atomic E-state index is -0.900. The van der Waals surface area contributed by atoms with Crippen LogP contribution in [0.4, 0.5) is 5.69 Å². The second kappa shape index (κ2) is 8.80. The van der Waals surface area contributed by atoms with Crippen molar-refractivity contribution in [2.75, 3.05) is 5.32 Å². The number of anilines is 1. The maximum atomic E-state index is 12.5. The number of nitrogens with zero attached hydrogens (tertiary/aromatic N) is 1. The molecule has 2 aromatic carbocycles. The number of aryl methyl sites for hydroxylation is 1. The summed E-state index contributed by atoms with van der Waals surface area (Å²) in [5.74, 6) is -1.10. The van der Waals surface area contributed by atoms with Gasteiger partial charge < -0.3 is 10.4 Å². The van der Waals surface area contributed by atoms with E-state index >= 15 is 0 Å². The standard InChI is InChI=1S/C22H22N2O3S2/c1-4-14-5-9-16(10-6-14)23-19(25)18-13-28-20(24-18)15-7-11-17(12-8-15)29-22(2,3)21(26)27/h5-13H,4H2,1-3H3,(H,23,25)(H,26,27). The molecule has 5 nitrogen and oxygen atoms in total. The lowest BCUT2D eigenvalue weighted by Crippen LogP contribution is -2.26. The lowest BCUT2D eigenvalue weighted by molar-refractivity contribution is -0.138. The number of hydrogen-bond acceptors (Lipinski definition) is 5. The summed E-state index contributed by atoms with van der Waals surface area (Å²) in [6, 6.07) is 15.3. The van der Waals surface area contributed by atoms with E-state index in [1.165, 1.54) is 28.7 Å². The first-order chi connectivity index (χ1) is 13.8. The molecule has 0 radical (unpaired) electrons. The number of thiazole rings is 1. The molecule has 3 aromatic rings. The molecule has 150 valence electrons. The van der Waals surface area contributed by atoms with Crippen molar-refractivity contribution in [2.24, 2.45) is 0 Å². The molecule has 0 bridgehead atoms. The van der Waals surface area contributed by atoms with Gasteiger partial charge in [-0.25, -0.2) is 4.98 Å². The Morgan fingerprint density at radius 2 is 1.76 bits per heavy atom. The normalized spacial score (nSPS) is 11.3. The Balaban J connectivity index is 1.68. The number of benzene rings is 2. The van der Waals surface area contributed by atoms with Crippen molar-refractivity contribution in [3.8, 4) is 10.6 Å². The molecule has 29 heavy (non-hydrogen) atoms. The molecule has 0 saturated carbocycles. The van der Waals surface area contributed by atoms with Crippen LogP contribution >= 0.6 is 23.1 Å². The van der Waals surface area contributed by atoms with Crippen molar-refractivity contribution in [2.45, 2.75) is 36.8 Å². The Labute approximate surface area is 178 Å². The van der Waals surface area contributed by atoms with Crippen molar-refractivity contribution in [1.82, 2.24) is 4.98 Å². The highest BCUT2D eigenvalue weighted by molar-refractivity contribution is 8.01. The van der Waals surface area contributed by atoms with E-state index in [-0.39, 0.29) is 5.91 Å². The number of carbonyl (C=O) groups is 2. The maximum absolute atomic E-state index is 12.5. The fraction of sp³-hybridized carbons (Fsp3) is 0.227. The molecular weight excluding hydrogens is 404 g/mol. The Morgan fingerprint density at radius 3 is 2.34 bits per heavy atom. The van der Waals surface area contributed by atoms with E-state index < -0.39 is 10.7 Å². The van der Waals surface area contributed by atoms with Crippen LogP contribution in [0.15, 0.2) is 58.8 Å². The summed E-state index contributed by atoms with van der Waals surface area (Å²) in [5.41, 5.74) is 3.21. The van der Waals surface area contributed by atoms with Crippen LogP contribution in [0.3, 0.4) is 0 Å². The summed E-state index contributed by atoms with van der Waals surface area (Å²) in [5, 5.41) is 14.6. The van der Waals surface area contributed by atoms with Gasteiger partial charge in [0.25, 0.3) is 5.91 Å². The van der Waals surface area contributed by atoms with Gasteiger partial charge in [-0.05, 0) is 50.1 Å². The van der Waals surface area contributed by atoms with E-state index in [4.69, 9.17) is 0 Å². The highest BCUT2D eigenvalue weighted by Crippen LogP contribution is 2.34. The third kappa shape index (κ3) is 5.25. The zero-order valence-electron chi connectivity index (χ0n) is 16.4. The Hall–Kier alpha value is -2.64. The second-order valence-electron chi connectivity index (χ2n) is 6.98. The van der Waals surface area contributed by atoms with Crippen LogP contribution in [-0.2, 0) is 11.2 Å². The zero-order chi connectivity index (χ0) is 21.0. The molecule has 0 fully saturated rings. The lowest BCUT2D eigenvalue weighted by atomic mass is 10.1. The number of nitrogens with one attached hydrogen (secondary N) is 1. The highest BCUT2D eigenvalue weighted by atomic mass is 32.2. The van der Waals surface area contributed by atoms with Gasteiger partial charge in [0.2, 0.25) is 0 Å². The molecule has 0 aliphatic heterocycles. The SMILES string of the molecule is CCc1ccc(NC(=O)c2csc(-c3ccc(SC(C)(C)C(=O)O)cc3)n2)cc1. The van der Waals surface area contributed by atoms with Gasteiger partial charge in [-0.1, -0.05) is 31.2 Å². The smallest absolute Gasteiger partial charge is 0.319 e. The van der Waals surface area contributed by atoms with Crippen LogP contribution in [-0.4, -0.2) is 26.7 Å². The molecule has 1 amide bonds. The quantitative estimate of drug-likeness (QED) is 0.482. The first-order valence-electron chi connectivity index (χ1n) is 9.17. The lowest BCUT2D eigenvalue weighted by Gasteiger charge is -2.18. The number of aromatic nitrogens is 1. The maximum Gasteiger partial charge on any atom is 0.319 e. The summed E-state index contributed by atoms with van der Waals surface area (Å²) in [4.78, 5) is 29.1. The molecule has 1 aromatic heterocycles. The van der Waals surface area contributed by atoms with Crippen LogP contribution in [0.5, 0.6) is 0 Å². The number of carboxylic acid groups (broad SMARTS) is 1. The molecule has 0 spiro atoms. The van der Waals surface area contributed by atoms with Crippen molar-refractivity contribution in [3.05, 3.63) is 65.2 Å². The minimum absolute atomic E-state index is 0.243. The zero-order valence-corrected chi connectivity index (χ0v) is 18.1. The largest absolute Gasteiger partial charge is 0.480 e. The molecule has 0 aliphatic carbocycles. The molecule has 0 atom stereocenters. The average Bonchev–Trinajstić information content (AvgIpc) is 3.19. The van der Waals surface area contributed by atoms with Crippen molar-refractivity contribution in [1.29, 1.82) is 0 Å². The topological polar surface area (TPSA) is 79.3 Å². The van der Waals surface area contributed by atoms with E-state index in [0.717, 1.165) is 27.6 Å². The van der Waals surface area contributed by atoms with Crippen molar-refractivity contribution in [3.63, 3.8) is 0 Å². The van der Waals surface area contributed by atoms with Crippen molar-refractivity contribution >= 4 is 40.7 Å². The summed E-state index contributed by atoms with van der Waals surface area (Å²) >= 11 is 2.69. The van der Waals surface area contributed by atoms with E-state index in [2.05, 4.69) is 17.2 Å². The molecule has 0 saturated heterocycles. The number of carboxylic acids is 1. The number of thioether (sulfide) groups is 1. The Bertz CT molecular complexity index is 1010. The predicted octanol–water partition coefficient (Wildman–Crippen LogP) is 5.58. The summed E-state index contributed by atoms with van der Waals surface area (Å²) in [6.45, 7) is 5.44. The number of amides is 1. The van der Waals surface area contributed by atoms with Crippen LogP contribution < -0.4 is 5.32 Å². The Kier molecular flexibility index (Phi) is 6.39. The summed E-state index contributed by atoms with van der Waals surface area (Å²) in [7, 11) is 0. The Morgan fingerprint density at radius 1 is 1.10 bits per heavy atom. The van der Waals surface area contributed by atoms with Gasteiger partial charge in [0, 0.05) is 21.5 Å². The van der Waals surface area contributed by atoms with Gasteiger partial charge in [0.1, 0.15) is 15.4 Å². The molecule has 2 N–H and O–H groups in total. The molecule has 0 unspecified atom stereocenters. The third-order valence-electron chi connectivity index (χ3n) is 4.35. The number of hydrogen-bond donors (Lipinski definition) is 2. The number of rotatable bonds is 7. The van der Waals surface area contributed by atoms with Crippen LogP contribution in [0.2, 0.25) is 0 Å². The van der Waals surface area contributed by atoms with Crippen LogP contribution in [0.25, 0.3) is 10.6 Å². The second-order valence-corrected chi connectivity index (χ2v) is 9.54. The van der Waals surface area contributed by atoms with E-state index in [1.54, 1.807) is 19.2 Å². The number of carbonyl (C=O) groups excluding carboxylic acids is 1. The van der Waals surface area contributed by atoms with Crippen LogP contribution in [0, 0.1) is 0 Å². The fourth-order valence-corrected chi connectivity index (χ4v) is 4.29. The van der Waals surface area contributed by atoms with Gasteiger partial charge in [-0.3, -0.25) is 9.59 Å². The third-order valence-corrected chi connectivity index (χ3v) is 6.43. The fourth-order valence-electron chi connectivity index (χ4n) is 2.53. The van der Waals surface area contributed by atoms with Gasteiger partial charge in [-0.15, -0.1) is 23.1 Å². The molecule has 1 heterocycles. The summed E-state index contributed by atoms with van der Waals surface area (Å²) in [6.07, 6.45) is 0.953. The first kappa shape index (κ1) is 21.1. The average molecular weight is 427 g/mol. The van der Waals surface area contributed by atoms with Gasteiger partial charge >= 0.3 is 5.97 Å². The minimum Gasteiger partial charge on any atom is -0.480 e. The summed E-state index contributed by atoms with van der Waals surface area (Å²) < 4.78 is -0.900. The van der Waals surface area contributed by atoms with Crippen LogP contribution in [0.1, 0.15) is 36.8 Å². The van der Waals surface area contributed by atoms with Gasteiger partial charge in [0.15, 0.2) is 0 Å². The number of aliphatic carboxylic acids is 1. The molecule has 3 rings (SSSR count). The first-order valence-corrected chi connectivity index (χ1v) is 10.9. The van der Waals surface area contributed by atoms with Gasteiger partial charge in [0.05, 0.1) is 0 Å². The van der Waals surface area contributed by atoms with Crippen molar-refractivity contribution < 1.29 is 14.7 Å². The molecule has 0 aliphatic rings. The van der Waals surface area contributed by atoms with E-state index in [1.807, 2.05) is 48.5 Å².